The molecule has 2 rings (SSSR count). The Morgan fingerprint density at radius 1 is 1.35 bits per heavy atom. The molecular weight excluding hydrogens is 282 g/mol. The standard InChI is InChI=1S/C14H14F2N2OS/c1-8(2)5-13(19)18-14-17-12(7-20-14)9-3-4-10(15)11(16)6-9/h3-4,6-8H,5H2,1-2H3,(H,17,18,19). The highest BCUT2D eigenvalue weighted by atomic mass is 32.1. The Kier molecular flexibility index (Phi) is 4.44. The summed E-state index contributed by atoms with van der Waals surface area (Å²) in [5.41, 5.74) is 0.984. The summed E-state index contributed by atoms with van der Waals surface area (Å²) >= 11 is 1.25. The summed E-state index contributed by atoms with van der Waals surface area (Å²) in [5.74, 6) is -1.65. The molecule has 1 aromatic carbocycles. The van der Waals surface area contributed by atoms with Crippen molar-refractivity contribution < 1.29 is 13.6 Å². The lowest BCUT2D eigenvalue weighted by atomic mass is 10.1. The van der Waals surface area contributed by atoms with Gasteiger partial charge in [-0.15, -0.1) is 11.3 Å². The van der Waals surface area contributed by atoms with Gasteiger partial charge in [0.1, 0.15) is 0 Å². The summed E-state index contributed by atoms with van der Waals surface area (Å²) in [5, 5.41) is 4.84. The van der Waals surface area contributed by atoms with Crippen LogP contribution in [0.4, 0.5) is 13.9 Å². The summed E-state index contributed by atoms with van der Waals surface area (Å²) in [7, 11) is 0. The number of aromatic nitrogens is 1. The minimum absolute atomic E-state index is 0.105. The van der Waals surface area contributed by atoms with E-state index < -0.39 is 11.6 Å². The molecular formula is C14H14F2N2OS. The number of thiazole rings is 1. The van der Waals surface area contributed by atoms with Gasteiger partial charge in [0.15, 0.2) is 16.8 Å². The van der Waals surface area contributed by atoms with Gasteiger partial charge < -0.3 is 5.32 Å². The number of benzene rings is 1. The number of nitrogens with zero attached hydrogens (tertiary/aromatic N) is 1. The van der Waals surface area contributed by atoms with Crippen molar-refractivity contribution in [2.45, 2.75) is 20.3 Å². The zero-order valence-electron chi connectivity index (χ0n) is 11.1. The second kappa shape index (κ2) is 6.09. The minimum Gasteiger partial charge on any atom is -0.302 e. The molecule has 6 heteroatoms. The topological polar surface area (TPSA) is 42.0 Å². The molecule has 2 aromatic rings. The van der Waals surface area contributed by atoms with Crippen LogP contribution in [0.2, 0.25) is 0 Å². The second-order valence-electron chi connectivity index (χ2n) is 4.81. The fourth-order valence-corrected chi connectivity index (χ4v) is 2.40. The van der Waals surface area contributed by atoms with Gasteiger partial charge in [-0.3, -0.25) is 4.79 Å². The Balaban J connectivity index is 2.12. The zero-order chi connectivity index (χ0) is 14.7. The van der Waals surface area contributed by atoms with Crippen LogP contribution in [0.25, 0.3) is 11.3 Å². The molecule has 0 radical (unpaired) electrons. The van der Waals surface area contributed by atoms with Gasteiger partial charge in [0.05, 0.1) is 5.69 Å². The number of halogens is 2. The van der Waals surface area contributed by atoms with Crippen LogP contribution in [0.3, 0.4) is 0 Å². The molecule has 0 bridgehead atoms. The fourth-order valence-electron chi connectivity index (χ4n) is 1.66. The number of rotatable bonds is 4. The molecule has 0 fully saturated rings. The van der Waals surface area contributed by atoms with Gasteiger partial charge in [-0.25, -0.2) is 13.8 Å². The SMILES string of the molecule is CC(C)CC(=O)Nc1nc(-c2ccc(F)c(F)c2)cs1. The number of nitrogens with one attached hydrogen (secondary N) is 1. The van der Waals surface area contributed by atoms with Crippen LogP contribution in [0.5, 0.6) is 0 Å². The monoisotopic (exact) mass is 296 g/mol. The van der Waals surface area contributed by atoms with Crippen LogP contribution in [0.15, 0.2) is 23.6 Å². The quantitative estimate of drug-likeness (QED) is 0.924. The van der Waals surface area contributed by atoms with Crippen LogP contribution < -0.4 is 5.32 Å². The summed E-state index contributed by atoms with van der Waals surface area (Å²) in [6, 6.07) is 3.60. The molecule has 20 heavy (non-hydrogen) atoms. The first-order valence-electron chi connectivity index (χ1n) is 6.16. The predicted molar refractivity (Wildman–Crippen MR) is 75.6 cm³/mol. The number of hydrogen-bond donors (Lipinski definition) is 1. The van der Waals surface area contributed by atoms with Crippen molar-refractivity contribution in [1.29, 1.82) is 0 Å². The van der Waals surface area contributed by atoms with Crippen molar-refractivity contribution in [2.24, 2.45) is 5.92 Å². The summed E-state index contributed by atoms with van der Waals surface area (Å²) in [6.45, 7) is 3.91. The van der Waals surface area contributed by atoms with E-state index in [9.17, 15) is 13.6 Å². The first-order valence-corrected chi connectivity index (χ1v) is 7.04. The second-order valence-corrected chi connectivity index (χ2v) is 5.67. The lowest BCUT2D eigenvalue weighted by molar-refractivity contribution is -0.116. The van der Waals surface area contributed by atoms with Crippen molar-refractivity contribution >= 4 is 22.4 Å². The number of carbonyl (C=O) groups is 1. The smallest absolute Gasteiger partial charge is 0.226 e. The van der Waals surface area contributed by atoms with Crippen LogP contribution in [-0.4, -0.2) is 10.9 Å². The van der Waals surface area contributed by atoms with Crippen molar-refractivity contribution in [2.75, 3.05) is 5.32 Å². The summed E-state index contributed by atoms with van der Waals surface area (Å²) in [4.78, 5) is 15.8. The van der Waals surface area contributed by atoms with Crippen molar-refractivity contribution in [1.82, 2.24) is 4.98 Å². The maximum atomic E-state index is 13.2. The average molecular weight is 296 g/mol. The van der Waals surface area contributed by atoms with Gasteiger partial charge in [-0.05, 0) is 24.1 Å². The van der Waals surface area contributed by atoms with Crippen LogP contribution in [0, 0.1) is 17.6 Å². The lowest BCUT2D eigenvalue weighted by Gasteiger charge is -2.03. The summed E-state index contributed by atoms with van der Waals surface area (Å²) in [6.07, 6.45) is 0.417. The molecule has 1 aromatic heterocycles. The molecule has 1 N–H and O–H groups in total. The molecule has 0 unspecified atom stereocenters. The maximum absolute atomic E-state index is 13.2. The Bertz CT molecular complexity index is 625. The molecule has 0 aliphatic carbocycles. The molecule has 0 spiro atoms. The number of amides is 1. The first-order chi connectivity index (χ1) is 9.45. The number of anilines is 1. The zero-order valence-corrected chi connectivity index (χ0v) is 11.9. The van der Waals surface area contributed by atoms with Gasteiger partial charge in [-0.2, -0.15) is 0 Å². The summed E-state index contributed by atoms with van der Waals surface area (Å²) < 4.78 is 26.0. The molecule has 0 atom stereocenters. The van der Waals surface area contributed by atoms with E-state index in [2.05, 4.69) is 10.3 Å². The van der Waals surface area contributed by atoms with E-state index in [1.54, 1.807) is 5.38 Å². The van der Waals surface area contributed by atoms with Crippen LogP contribution >= 0.6 is 11.3 Å². The molecule has 0 aliphatic rings. The molecule has 1 heterocycles. The third-order valence-electron chi connectivity index (χ3n) is 2.56. The van der Waals surface area contributed by atoms with E-state index in [1.165, 1.54) is 17.4 Å². The van der Waals surface area contributed by atoms with Crippen LogP contribution in [0.1, 0.15) is 20.3 Å². The van der Waals surface area contributed by atoms with Crippen LogP contribution in [-0.2, 0) is 4.79 Å². The van der Waals surface area contributed by atoms with Crippen molar-refractivity contribution in [3.63, 3.8) is 0 Å². The van der Waals surface area contributed by atoms with Gasteiger partial charge >= 0.3 is 0 Å². The van der Waals surface area contributed by atoms with Crippen molar-refractivity contribution in [3.8, 4) is 11.3 Å². The molecule has 0 aliphatic heterocycles. The van der Waals surface area contributed by atoms with E-state index in [-0.39, 0.29) is 11.8 Å². The van der Waals surface area contributed by atoms with E-state index in [4.69, 9.17) is 0 Å². The Morgan fingerprint density at radius 2 is 2.10 bits per heavy atom. The first kappa shape index (κ1) is 14.6. The normalized spacial score (nSPS) is 10.8. The van der Waals surface area contributed by atoms with E-state index in [0.717, 1.165) is 12.1 Å². The Morgan fingerprint density at radius 3 is 2.75 bits per heavy atom. The highest BCUT2D eigenvalue weighted by Gasteiger charge is 2.11. The third kappa shape index (κ3) is 3.60. The molecule has 1 amide bonds. The Labute approximate surface area is 119 Å². The van der Waals surface area contributed by atoms with E-state index in [0.29, 0.717) is 22.8 Å². The number of hydrogen-bond acceptors (Lipinski definition) is 3. The average Bonchev–Trinajstić information content (AvgIpc) is 2.80. The predicted octanol–water partition coefficient (Wildman–Crippen LogP) is 4.07. The third-order valence-corrected chi connectivity index (χ3v) is 3.32. The Hall–Kier alpha value is -1.82. The molecule has 3 nitrogen and oxygen atoms in total. The van der Waals surface area contributed by atoms with Gasteiger partial charge in [0.2, 0.25) is 5.91 Å². The lowest BCUT2D eigenvalue weighted by Crippen LogP contribution is -2.13. The van der Waals surface area contributed by atoms with Gasteiger partial charge in [-0.1, -0.05) is 13.8 Å². The number of carbonyl (C=O) groups excluding carboxylic acids is 1. The fraction of sp³-hybridized carbons (Fsp3) is 0.286. The van der Waals surface area contributed by atoms with Gasteiger partial charge in [0, 0.05) is 17.4 Å². The minimum atomic E-state index is -0.916. The highest BCUT2D eigenvalue weighted by Crippen LogP contribution is 2.26. The van der Waals surface area contributed by atoms with Gasteiger partial charge in [0.25, 0.3) is 0 Å². The largest absolute Gasteiger partial charge is 0.302 e. The molecule has 0 saturated carbocycles. The highest BCUT2D eigenvalue weighted by molar-refractivity contribution is 7.14. The van der Waals surface area contributed by atoms with Crippen molar-refractivity contribution in [3.05, 3.63) is 35.2 Å². The maximum Gasteiger partial charge on any atom is 0.226 e. The molecule has 0 saturated heterocycles. The van der Waals surface area contributed by atoms with E-state index in [1.807, 2.05) is 13.8 Å². The van der Waals surface area contributed by atoms with E-state index >= 15 is 0 Å². The molecule has 106 valence electrons.